The number of ether oxygens (including phenoxy) is 1. The fourth-order valence-electron chi connectivity index (χ4n) is 2.35. The number of halogens is 1. The lowest BCUT2D eigenvalue weighted by atomic mass is 10.1. The van der Waals surface area contributed by atoms with E-state index in [1.54, 1.807) is 11.8 Å². The van der Waals surface area contributed by atoms with E-state index < -0.39 is 0 Å². The van der Waals surface area contributed by atoms with Crippen LogP contribution in [-0.2, 0) is 7.05 Å². The van der Waals surface area contributed by atoms with Gasteiger partial charge in [-0.3, -0.25) is 0 Å². The van der Waals surface area contributed by atoms with Gasteiger partial charge in [0.2, 0.25) is 0 Å². The van der Waals surface area contributed by atoms with Crippen LogP contribution in [0, 0.1) is 6.92 Å². The molecular formula is C18H18ClN3OS. The Morgan fingerprint density at radius 2 is 1.96 bits per heavy atom. The molecule has 0 saturated heterocycles. The first-order valence-electron chi connectivity index (χ1n) is 7.61. The van der Waals surface area contributed by atoms with Crippen molar-refractivity contribution in [1.29, 1.82) is 0 Å². The average molecular weight is 360 g/mol. The number of hydrogen-bond donors (Lipinski definition) is 0. The van der Waals surface area contributed by atoms with Crippen molar-refractivity contribution in [3.05, 3.63) is 59.1 Å². The normalized spacial score (nSPS) is 10.8. The van der Waals surface area contributed by atoms with E-state index in [0.29, 0.717) is 11.6 Å². The van der Waals surface area contributed by atoms with Crippen LogP contribution < -0.4 is 4.74 Å². The smallest absolute Gasteiger partial charge is 0.191 e. The second-order valence-electron chi connectivity index (χ2n) is 5.33. The summed E-state index contributed by atoms with van der Waals surface area (Å²) in [5, 5.41) is 10.2. The van der Waals surface area contributed by atoms with Crippen LogP contribution in [0.3, 0.4) is 0 Å². The SMILES string of the molecule is Cc1ccccc1-c1nnc(SCCOc2cccc(Cl)c2)n1C. The van der Waals surface area contributed by atoms with Gasteiger partial charge in [-0.2, -0.15) is 0 Å². The maximum absolute atomic E-state index is 5.94. The molecule has 0 unspecified atom stereocenters. The molecule has 0 saturated carbocycles. The summed E-state index contributed by atoms with van der Waals surface area (Å²) in [5.41, 5.74) is 2.29. The summed E-state index contributed by atoms with van der Waals surface area (Å²) < 4.78 is 7.72. The molecule has 0 aliphatic rings. The number of hydrogen-bond acceptors (Lipinski definition) is 4. The first-order valence-corrected chi connectivity index (χ1v) is 8.98. The van der Waals surface area contributed by atoms with E-state index in [9.17, 15) is 0 Å². The van der Waals surface area contributed by atoms with Gasteiger partial charge in [0.15, 0.2) is 11.0 Å². The highest BCUT2D eigenvalue weighted by atomic mass is 35.5. The second kappa shape index (κ2) is 7.73. The molecule has 0 N–H and O–H groups in total. The van der Waals surface area contributed by atoms with E-state index in [2.05, 4.69) is 29.3 Å². The molecule has 4 nitrogen and oxygen atoms in total. The fraction of sp³-hybridized carbons (Fsp3) is 0.222. The molecule has 0 atom stereocenters. The summed E-state index contributed by atoms with van der Waals surface area (Å²) in [6.45, 7) is 2.66. The lowest BCUT2D eigenvalue weighted by Crippen LogP contribution is -2.02. The van der Waals surface area contributed by atoms with Crippen molar-refractivity contribution in [3.8, 4) is 17.1 Å². The largest absolute Gasteiger partial charge is 0.493 e. The van der Waals surface area contributed by atoms with Crippen LogP contribution in [0.1, 0.15) is 5.56 Å². The van der Waals surface area contributed by atoms with Crippen LogP contribution in [0.25, 0.3) is 11.4 Å². The van der Waals surface area contributed by atoms with Gasteiger partial charge in [0.25, 0.3) is 0 Å². The van der Waals surface area contributed by atoms with Crippen LogP contribution in [0.5, 0.6) is 5.75 Å². The Kier molecular flexibility index (Phi) is 5.43. The highest BCUT2D eigenvalue weighted by Gasteiger charge is 2.12. The Balaban J connectivity index is 1.60. The molecule has 0 spiro atoms. The van der Waals surface area contributed by atoms with Gasteiger partial charge >= 0.3 is 0 Å². The fourth-order valence-corrected chi connectivity index (χ4v) is 3.26. The minimum atomic E-state index is 0.581. The Bertz CT molecular complexity index is 835. The molecule has 0 bridgehead atoms. The Hall–Kier alpha value is -1.98. The predicted molar refractivity (Wildman–Crippen MR) is 98.8 cm³/mol. The third-order valence-corrected chi connectivity index (χ3v) is 4.82. The molecular weight excluding hydrogens is 342 g/mol. The lowest BCUT2D eigenvalue weighted by molar-refractivity contribution is 0.344. The zero-order valence-electron chi connectivity index (χ0n) is 13.6. The minimum Gasteiger partial charge on any atom is -0.493 e. The van der Waals surface area contributed by atoms with Gasteiger partial charge in [0.05, 0.1) is 6.61 Å². The number of aromatic nitrogens is 3. The molecule has 1 heterocycles. The van der Waals surface area contributed by atoms with Crippen molar-refractivity contribution in [3.63, 3.8) is 0 Å². The van der Waals surface area contributed by atoms with Crippen molar-refractivity contribution < 1.29 is 4.74 Å². The van der Waals surface area contributed by atoms with E-state index in [1.807, 2.05) is 48.0 Å². The number of aryl methyl sites for hydroxylation is 1. The van der Waals surface area contributed by atoms with E-state index in [4.69, 9.17) is 16.3 Å². The second-order valence-corrected chi connectivity index (χ2v) is 6.83. The van der Waals surface area contributed by atoms with Crippen LogP contribution in [0.15, 0.2) is 53.7 Å². The number of nitrogens with zero attached hydrogens (tertiary/aromatic N) is 3. The molecule has 0 radical (unpaired) electrons. The maximum Gasteiger partial charge on any atom is 0.191 e. The molecule has 124 valence electrons. The quantitative estimate of drug-likeness (QED) is 0.475. The molecule has 0 fully saturated rings. The Labute approximate surface area is 150 Å². The molecule has 6 heteroatoms. The van der Waals surface area contributed by atoms with Gasteiger partial charge in [0, 0.05) is 23.4 Å². The topological polar surface area (TPSA) is 39.9 Å². The molecule has 3 aromatic rings. The zero-order valence-corrected chi connectivity index (χ0v) is 15.1. The third kappa shape index (κ3) is 3.91. The lowest BCUT2D eigenvalue weighted by Gasteiger charge is -2.07. The van der Waals surface area contributed by atoms with Crippen molar-refractivity contribution in [1.82, 2.24) is 14.8 Å². The van der Waals surface area contributed by atoms with Crippen LogP contribution >= 0.6 is 23.4 Å². The van der Waals surface area contributed by atoms with Gasteiger partial charge in [-0.05, 0) is 30.7 Å². The van der Waals surface area contributed by atoms with Crippen molar-refractivity contribution in [2.24, 2.45) is 7.05 Å². The molecule has 2 aromatic carbocycles. The van der Waals surface area contributed by atoms with Crippen molar-refractivity contribution >= 4 is 23.4 Å². The maximum atomic E-state index is 5.94. The molecule has 3 rings (SSSR count). The predicted octanol–water partition coefficient (Wildman–Crippen LogP) is 4.62. The molecule has 1 aromatic heterocycles. The van der Waals surface area contributed by atoms with Gasteiger partial charge in [-0.25, -0.2) is 0 Å². The number of thioether (sulfide) groups is 1. The first-order chi connectivity index (χ1) is 11.6. The van der Waals surface area contributed by atoms with Crippen molar-refractivity contribution in [2.45, 2.75) is 12.1 Å². The van der Waals surface area contributed by atoms with Crippen molar-refractivity contribution in [2.75, 3.05) is 12.4 Å². The van der Waals surface area contributed by atoms with Crippen LogP contribution in [0.4, 0.5) is 0 Å². The molecule has 0 amide bonds. The van der Waals surface area contributed by atoms with E-state index in [1.165, 1.54) is 5.56 Å². The van der Waals surface area contributed by atoms with Crippen LogP contribution in [-0.4, -0.2) is 27.1 Å². The number of benzene rings is 2. The summed E-state index contributed by atoms with van der Waals surface area (Å²) in [5.74, 6) is 2.44. The summed E-state index contributed by atoms with van der Waals surface area (Å²) in [4.78, 5) is 0. The molecule has 0 aliphatic carbocycles. The number of rotatable bonds is 6. The Morgan fingerprint density at radius 3 is 2.75 bits per heavy atom. The minimum absolute atomic E-state index is 0.581. The zero-order chi connectivity index (χ0) is 16.9. The monoisotopic (exact) mass is 359 g/mol. The van der Waals surface area contributed by atoms with Crippen LogP contribution in [0.2, 0.25) is 5.02 Å². The molecule has 0 aliphatic heterocycles. The van der Waals surface area contributed by atoms with E-state index >= 15 is 0 Å². The van der Waals surface area contributed by atoms with Gasteiger partial charge < -0.3 is 9.30 Å². The standard InChI is InChI=1S/C18H18ClN3OS/c1-13-6-3-4-9-16(13)17-20-21-18(22(17)2)24-11-10-23-15-8-5-7-14(19)12-15/h3-9,12H,10-11H2,1-2H3. The summed E-state index contributed by atoms with van der Waals surface area (Å²) in [6, 6.07) is 15.6. The Morgan fingerprint density at radius 1 is 1.12 bits per heavy atom. The van der Waals surface area contributed by atoms with Gasteiger partial charge in [-0.15, -0.1) is 10.2 Å². The summed E-state index contributed by atoms with van der Waals surface area (Å²) in [7, 11) is 1.99. The first kappa shape index (κ1) is 16.9. The summed E-state index contributed by atoms with van der Waals surface area (Å²) in [6.07, 6.45) is 0. The van der Waals surface area contributed by atoms with Gasteiger partial charge in [-0.1, -0.05) is 53.7 Å². The third-order valence-electron chi connectivity index (χ3n) is 3.60. The highest BCUT2D eigenvalue weighted by Crippen LogP contribution is 2.25. The van der Waals surface area contributed by atoms with Gasteiger partial charge in [0.1, 0.15) is 5.75 Å². The highest BCUT2D eigenvalue weighted by molar-refractivity contribution is 7.99. The molecule has 24 heavy (non-hydrogen) atoms. The average Bonchev–Trinajstić information content (AvgIpc) is 2.93. The summed E-state index contributed by atoms with van der Waals surface area (Å²) >= 11 is 7.56. The van der Waals surface area contributed by atoms with E-state index in [0.717, 1.165) is 28.0 Å². The van der Waals surface area contributed by atoms with E-state index in [-0.39, 0.29) is 0 Å².